The molecule has 0 unspecified atom stereocenters. The fraction of sp³-hybridized carbons (Fsp3) is 0.500. The number of aromatic nitrogens is 2. The van der Waals surface area contributed by atoms with E-state index in [-0.39, 0.29) is 77.3 Å². The Hall–Kier alpha value is -8.50. The highest BCUT2D eigenvalue weighted by Crippen LogP contribution is 2.44. The first-order valence-corrected chi connectivity index (χ1v) is 27.1. The van der Waals surface area contributed by atoms with Crippen LogP contribution in [-0.2, 0) is 50.0 Å². The molecule has 23 nitrogen and oxygen atoms in total. The van der Waals surface area contributed by atoms with Crippen LogP contribution in [0.5, 0.6) is 17.2 Å². The number of methoxy groups -OCH3 is 1. The molecule has 23 heteroatoms. The lowest BCUT2D eigenvalue weighted by Gasteiger charge is -2.33. The highest BCUT2D eigenvalue weighted by atomic mass is 16.7. The zero-order valence-corrected chi connectivity index (χ0v) is 50.5. The quantitative estimate of drug-likeness (QED) is 0.0307. The number of benzene rings is 3. The molecule has 450 valence electrons. The number of nitrogens with zero attached hydrogens (tertiary/aromatic N) is 3. The molecule has 0 aliphatic carbocycles. The van der Waals surface area contributed by atoms with Gasteiger partial charge in [-0.05, 0) is 136 Å². The first kappa shape index (κ1) is 65.3. The molecular formula is C60H80N8O15. The van der Waals surface area contributed by atoms with Crippen LogP contribution in [-0.4, -0.2) is 137 Å². The molecule has 4 atom stereocenters. The van der Waals surface area contributed by atoms with E-state index in [0.29, 0.717) is 22.8 Å². The molecule has 0 saturated carbocycles. The third-order valence-corrected chi connectivity index (χ3v) is 12.5. The molecule has 6 amide bonds. The van der Waals surface area contributed by atoms with Crippen LogP contribution in [0, 0.1) is 13.8 Å². The molecule has 4 bridgehead atoms. The Morgan fingerprint density at radius 3 is 1.87 bits per heavy atom. The third-order valence-electron chi connectivity index (χ3n) is 12.5. The van der Waals surface area contributed by atoms with Crippen molar-refractivity contribution in [3.05, 3.63) is 88.2 Å². The van der Waals surface area contributed by atoms with Gasteiger partial charge in [0, 0.05) is 36.7 Å². The molecule has 0 radical (unpaired) electrons. The number of rotatable bonds is 14. The van der Waals surface area contributed by atoms with Crippen molar-refractivity contribution in [1.29, 1.82) is 0 Å². The van der Waals surface area contributed by atoms with Crippen molar-refractivity contribution >= 4 is 47.9 Å². The van der Waals surface area contributed by atoms with Crippen LogP contribution in [0.3, 0.4) is 0 Å². The largest absolute Gasteiger partial charge is 0.514 e. The highest BCUT2D eigenvalue weighted by Gasteiger charge is 2.38. The van der Waals surface area contributed by atoms with Crippen LogP contribution in [0.4, 0.5) is 14.4 Å². The number of esters is 1. The van der Waals surface area contributed by atoms with Crippen molar-refractivity contribution in [1.82, 2.24) is 41.5 Å². The number of carbonyl (C=O) groups is 8. The number of amides is 6. The number of hydrogen-bond donors (Lipinski definition) is 6. The van der Waals surface area contributed by atoms with Gasteiger partial charge in [0.2, 0.25) is 17.7 Å². The van der Waals surface area contributed by atoms with Crippen LogP contribution < -0.4 is 36.1 Å². The molecule has 0 saturated heterocycles. The van der Waals surface area contributed by atoms with Gasteiger partial charge in [-0.2, -0.15) is 0 Å². The van der Waals surface area contributed by atoms with Crippen LogP contribution in [0.15, 0.2) is 54.6 Å². The number of phenols is 1. The topological polar surface area (TPSA) is 301 Å². The minimum absolute atomic E-state index is 0.0268. The van der Waals surface area contributed by atoms with Gasteiger partial charge in [-0.15, -0.1) is 0 Å². The third kappa shape index (κ3) is 18.5. The zero-order valence-electron chi connectivity index (χ0n) is 50.5. The second-order valence-electron chi connectivity index (χ2n) is 24.1. The minimum Gasteiger partial charge on any atom is -0.504 e. The van der Waals surface area contributed by atoms with Crippen LogP contribution in [0.25, 0.3) is 22.5 Å². The fourth-order valence-corrected chi connectivity index (χ4v) is 8.67. The van der Waals surface area contributed by atoms with E-state index >= 15 is 4.79 Å². The van der Waals surface area contributed by atoms with Crippen molar-refractivity contribution in [2.24, 2.45) is 0 Å². The molecule has 1 aliphatic rings. The van der Waals surface area contributed by atoms with Crippen molar-refractivity contribution < 1.29 is 71.9 Å². The Labute approximate surface area is 484 Å². The predicted octanol–water partition coefficient (Wildman–Crippen LogP) is 7.58. The number of carbonyl (C=O) groups excluding carboxylic acids is 8. The van der Waals surface area contributed by atoms with Gasteiger partial charge in [-0.25, -0.2) is 29.1 Å². The number of aromatic hydroxyl groups is 1. The SMILES string of the molecule is COC(=O)[C@@H]1Cc2cc(OCCNC(=O)OC(C)(C)C)c(O)c(c2)-c2cc(ccc2OC(=O)OC(C)(C)C)[C@H](N(C)C(=O)[C@@H](CCNC(=O)OC(C)(C)C)NC(=O)c2c(C)nc(-c3ccc(C(C)(C)C)cc3)nc2C)C(=O)N[C@H](C)C(=O)N1. The summed E-state index contributed by atoms with van der Waals surface area (Å²) < 4.78 is 33.2. The molecule has 5 rings (SSSR count). The normalized spacial score (nSPS) is 16.1. The van der Waals surface area contributed by atoms with Crippen LogP contribution >= 0.6 is 0 Å². The highest BCUT2D eigenvalue weighted by molar-refractivity contribution is 6.00. The first-order valence-electron chi connectivity index (χ1n) is 27.1. The molecule has 2 heterocycles. The van der Waals surface area contributed by atoms with Crippen LogP contribution in [0.1, 0.15) is 141 Å². The molecule has 1 aliphatic heterocycles. The Bertz CT molecular complexity index is 3060. The van der Waals surface area contributed by atoms with E-state index < -0.39 is 94.7 Å². The summed E-state index contributed by atoms with van der Waals surface area (Å²) in [6, 6.07) is 8.72. The maximum atomic E-state index is 15.3. The summed E-state index contributed by atoms with van der Waals surface area (Å²) >= 11 is 0. The lowest BCUT2D eigenvalue weighted by molar-refractivity contribution is -0.145. The average molecular weight is 1150 g/mol. The van der Waals surface area contributed by atoms with Gasteiger partial charge in [0.05, 0.1) is 30.6 Å². The summed E-state index contributed by atoms with van der Waals surface area (Å²) in [4.78, 5) is 122. The number of likely N-dealkylation sites (N-methyl/N-ethyl adjacent to an activating group) is 1. The fourth-order valence-electron chi connectivity index (χ4n) is 8.67. The maximum Gasteiger partial charge on any atom is 0.514 e. The van der Waals surface area contributed by atoms with Gasteiger partial charge in [0.25, 0.3) is 5.91 Å². The standard InChI is InChI=1S/C60H80N8O15/c1-32-45(33(2)64-48(63-32)36-18-21-38(22-19-36)57(4,5)6)50(71)66-41(24-25-61-54(75)81-58(7,8)9)52(73)68(16)46-37-20-23-43(80-56(77)83-60(13,14)15)39(31-37)40-28-35(29-42(53(74)78-17)67-49(70)34(3)65-51(46)72)30-44(47(40)69)79-27-26-62-55(76)82-59(10,11)12/h18-23,28,30-31,34,41-42,46,69H,24-27,29H2,1-17H3,(H,61,75)(H,62,76)(H,65,72)(H,66,71)(H,67,70)/t34-,41-,42+,46+/m1/s1. The first-order chi connectivity index (χ1) is 38.4. The van der Waals surface area contributed by atoms with Crippen molar-refractivity contribution in [3.63, 3.8) is 0 Å². The summed E-state index contributed by atoms with van der Waals surface area (Å²) in [5.41, 5.74) is -0.192. The summed E-state index contributed by atoms with van der Waals surface area (Å²) in [6.07, 6.45) is -3.20. The van der Waals surface area contributed by atoms with Crippen LogP contribution in [0.2, 0.25) is 0 Å². The lowest BCUT2D eigenvalue weighted by atomic mass is 9.86. The summed E-state index contributed by atoms with van der Waals surface area (Å²) in [6.45, 7) is 25.3. The maximum absolute atomic E-state index is 15.3. The van der Waals surface area contributed by atoms with Crippen molar-refractivity contribution in [2.45, 2.75) is 163 Å². The summed E-state index contributed by atoms with van der Waals surface area (Å²) in [7, 11) is 2.40. The average Bonchev–Trinajstić information content (AvgIpc) is 3.44. The Morgan fingerprint density at radius 2 is 1.31 bits per heavy atom. The number of nitrogens with one attached hydrogen (secondary N) is 5. The number of ether oxygens (including phenoxy) is 6. The number of aryl methyl sites for hydroxylation is 2. The number of phenolic OH excluding ortho intramolecular Hbond substituents is 1. The Morgan fingerprint density at radius 1 is 0.735 bits per heavy atom. The van der Waals surface area contributed by atoms with Gasteiger partial charge in [-0.3, -0.25) is 19.2 Å². The molecule has 0 fully saturated rings. The van der Waals surface area contributed by atoms with E-state index in [9.17, 15) is 38.7 Å². The van der Waals surface area contributed by atoms with Gasteiger partial charge in [0.1, 0.15) is 53.3 Å². The van der Waals surface area contributed by atoms with E-state index in [1.807, 2.05) is 24.3 Å². The van der Waals surface area contributed by atoms with E-state index in [0.717, 1.165) is 17.6 Å². The molecule has 6 N–H and O–H groups in total. The van der Waals surface area contributed by atoms with Crippen molar-refractivity contribution in [2.75, 3.05) is 33.9 Å². The monoisotopic (exact) mass is 1150 g/mol. The van der Waals surface area contributed by atoms with Crippen molar-refractivity contribution in [3.8, 4) is 39.8 Å². The smallest absolute Gasteiger partial charge is 0.504 e. The Kier molecular flexibility index (Phi) is 20.9. The molecule has 1 aromatic heterocycles. The van der Waals surface area contributed by atoms with Gasteiger partial charge < -0.3 is 65.0 Å². The molecule has 83 heavy (non-hydrogen) atoms. The Balaban J connectivity index is 1.67. The predicted molar refractivity (Wildman–Crippen MR) is 307 cm³/mol. The minimum atomic E-state index is -1.69. The number of fused-ring (bicyclic) bond motifs is 5. The summed E-state index contributed by atoms with van der Waals surface area (Å²) in [5.74, 6) is -4.83. The summed E-state index contributed by atoms with van der Waals surface area (Å²) in [5, 5.41) is 25.4. The van der Waals surface area contributed by atoms with E-state index in [1.165, 1.54) is 44.3 Å². The molecule has 4 aromatic rings. The van der Waals surface area contributed by atoms with E-state index in [2.05, 4.69) is 57.3 Å². The number of hydrogen-bond acceptors (Lipinski definition) is 17. The lowest BCUT2D eigenvalue weighted by Crippen LogP contribution is -2.55. The molecule has 3 aromatic carbocycles. The second kappa shape index (κ2) is 26.6. The van der Waals surface area contributed by atoms with E-state index in [4.69, 9.17) is 28.4 Å². The molecule has 0 spiro atoms. The zero-order chi connectivity index (χ0) is 62.1. The van der Waals surface area contributed by atoms with E-state index in [1.54, 1.807) is 76.2 Å². The molecular weight excluding hydrogens is 1070 g/mol. The van der Waals surface area contributed by atoms with Gasteiger partial charge in [0.15, 0.2) is 17.3 Å². The second-order valence-corrected chi connectivity index (χ2v) is 24.1. The van der Waals surface area contributed by atoms with Gasteiger partial charge in [-0.1, -0.05) is 51.1 Å². The van der Waals surface area contributed by atoms with Gasteiger partial charge >= 0.3 is 24.3 Å². The number of alkyl carbamates (subject to hydrolysis) is 2.